The third-order valence-corrected chi connectivity index (χ3v) is 2.47. The standard InChI is InChI=1S/C13H11NO3/c1-2-17-13(15)10-7-6-9-4-3-5-12(14-16)11(9)8-10/h3-8H,2H2,1H3. The molecule has 0 aliphatic heterocycles. The molecule has 0 bridgehead atoms. The minimum absolute atomic E-state index is 0.324. The zero-order valence-electron chi connectivity index (χ0n) is 9.34. The highest BCUT2D eigenvalue weighted by molar-refractivity contribution is 5.99. The van der Waals surface area contributed by atoms with Crippen LogP contribution in [-0.4, -0.2) is 12.6 Å². The van der Waals surface area contributed by atoms with E-state index >= 15 is 0 Å². The smallest absolute Gasteiger partial charge is 0.338 e. The van der Waals surface area contributed by atoms with Crippen molar-refractivity contribution < 1.29 is 9.53 Å². The summed E-state index contributed by atoms with van der Waals surface area (Å²) in [5.74, 6) is -0.393. The number of esters is 1. The summed E-state index contributed by atoms with van der Waals surface area (Å²) in [6.45, 7) is 2.07. The van der Waals surface area contributed by atoms with Gasteiger partial charge in [-0.25, -0.2) is 4.79 Å². The lowest BCUT2D eigenvalue weighted by atomic mass is 10.1. The van der Waals surface area contributed by atoms with Gasteiger partial charge < -0.3 is 4.74 Å². The normalized spacial score (nSPS) is 10.2. The first-order valence-corrected chi connectivity index (χ1v) is 5.29. The average Bonchev–Trinajstić information content (AvgIpc) is 2.37. The van der Waals surface area contributed by atoms with Crippen LogP contribution in [0.25, 0.3) is 10.8 Å². The van der Waals surface area contributed by atoms with E-state index in [1.54, 1.807) is 37.3 Å². The zero-order chi connectivity index (χ0) is 12.3. The Balaban J connectivity index is 2.55. The zero-order valence-corrected chi connectivity index (χ0v) is 9.34. The van der Waals surface area contributed by atoms with Crippen molar-refractivity contribution in [2.75, 3.05) is 6.61 Å². The van der Waals surface area contributed by atoms with Crippen LogP contribution in [0.2, 0.25) is 0 Å². The average molecular weight is 229 g/mol. The number of fused-ring (bicyclic) bond motifs is 1. The topological polar surface area (TPSA) is 55.7 Å². The Labute approximate surface area is 98.2 Å². The van der Waals surface area contributed by atoms with Crippen LogP contribution >= 0.6 is 0 Å². The van der Waals surface area contributed by atoms with Gasteiger partial charge in [-0.2, -0.15) is 0 Å². The van der Waals surface area contributed by atoms with E-state index in [1.807, 2.05) is 6.07 Å². The number of nitroso groups, excluding NO2 is 1. The van der Waals surface area contributed by atoms with Crippen LogP contribution in [-0.2, 0) is 4.74 Å². The number of hydrogen-bond acceptors (Lipinski definition) is 4. The van der Waals surface area contributed by atoms with Crippen molar-refractivity contribution in [2.45, 2.75) is 6.92 Å². The van der Waals surface area contributed by atoms with E-state index in [0.717, 1.165) is 5.39 Å². The molecule has 86 valence electrons. The molecule has 0 aliphatic carbocycles. The Morgan fingerprint density at radius 1 is 1.29 bits per heavy atom. The number of carbonyl (C=O) groups is 1. The second-order valence-corrected chi connectivity index (χ2v) is 3.52. The molecule has 2 rings (SSSR count). The monoisotopic (exact) mass is 229 g/mol. The minimum atomic E-state index is -0.393. The fourth-order valence-electron chi connectivity index (χ4n) is 1.68. The van der Waals surface area contributed by atoms with E-state index in [4.69, 9.17) is 4.74 Å². The van der Waals surface area contributed by atoms with E-state index in [1.165, 1.54) is 0 Å². The first kappa shape index (κ1) is 11.3. The predicted octanol–water partition coefficient (Wildman–Crippen LogP) is 3.41. The first-order valence-electron chi connectivity index (χ1n) is 5.29. The van der Waals surface area contributed by atoms with Gasteiger partial charge in [0.1, 0.15) is 5.69 Å². The summed E-state index contributed by atoms with van der Waals surface area (Å²) in [5.41, 5.74) is 0.754. The van der Waals surface area contributed by atoms with Crippen LogP contribution in [0.4, 0.5) is 5.69 Å². The second kappa shape index (κ2) is 4.74. The van der Waals surface area contributed by atoms with Gasteiger partial charge in [0, 0.05) is 5.39 Å². The Morgan fingerprint density at radius 3 is 2.82 bits per heavy atom. The SMILES string of the molecule is CCOC(=O)c1ccc2cccc(N=O)c2c1. The highest BCUT2D eigenvalue weighted by Gasteiger charge is 2.08. The summed E-state index contributed by atoms with van der Waals surface area (Å²) < 4.78 is 4.90. The third kappa shape index (κ3) is 2.15. The Kier molecular flexibility index (Phi) is 3.14. The van der Waals surface area contributed by atoms with Gasteiger partial charge in [0.05, 0.1) is 12.2 Å². The van der Waals surface area contributed by atoms with E-state index in [9.17, 15) is 9.70 Å². The van der Waals surface area contributed by atoms with Gasteiger partial charge in [0.25, 0.3) is 0 Å². The van der Waals surface area contributed by atoms with Crippen LogP contribution in [0, 0.1) is 4.91 Å². The number of nitrogens with zero attached hydrogens (tertiary/aromatic N) is 1. The molecule has 0 atom stereocenters. The van der Waals surface area contributed by atoms with Crippen molar-refractivity contribution in [1.82, 2.24) is 0 Å². The Morgan fingerprint density at radius 2 is 2.12 bits per heavy atom. The highest BCUT2D eigenvalue weighted by Crippen LogP contribution is 2.26. The lowest BCUT2D eigenvalue weighted by Gasteiger charge is -2.04. The van der Waals surface area contributed by atoms with Gasteiger partial charge in [0.2, 0.25) is 0 Å². The van der Waals surface area contributed by atoms with Crippen LogP contribution in [0.15, 0.2) is 41.6 Å². The molecule has 0 heterocycles. The lowest BCUT2D eigenvalue weighted by molar-refractivity contribution is 0.0526. The number of rotatable bonds is 3. The molecule has 4 heteroatoms. The van der Waals surface area contributed by atoms with Crippen molar-refractivity contribution in [1.29, 1.82) is 0 Å². The fraction of sp³-hybridized carbons (Fsp3) is 0.154. The predicted molar refractivity (Wildman–Crippen MR) is 65.4 cm³/mol. The molecule has 0 saturated carbocycles. The van der Waals surface area contributed by atoms with Crippen molar-refractivity contribution in [3.63, 3.8) is 0 Å². The van der Waals surface area contributed by atoms with Gasteiger partial charge in [-0.05, 0) is 35.7 Å². The molecule has 0 aromatic heterocycles. The lowest BCUT2D eigenvalue weighted by Crippen LogP contribution is -2.04. The fourth-order valence-corrected chi connectivity index (χ4v) is 1.68. The van der Waals surface area contributed by atoms with Crippen molar-refractivity contribution >= 4 is 22.4 Å². The molecule has 0 aliphatic rings. The molecule has 2 aromatic carbocycles. The minimum Gasteiger partial charge on any atom is -0.462 e. The summed E-state index contributed by atoms with van der Waals surface area (Å²) in [5, 5.41) is 4.47. The Hall–Kier alpha value is -2.23. The van der Waals surface area contributed by atoms with Crippen molar-refractivity contribution in [3.8, 4) is 0 Å². The van der Waals surface area contributed by atoms with Crippen LogP contribution < -0.4 is 0 Å². The van der Waals surface area contributed by atoms with Crippen LogP contribution in [0.3, 0.4) is 0 Å². The molecule has 0 radical (unpaired) electrons. The van der Waals surface area contributed by atoms with Crippen molar-refractivity contribution in [2.24, 2.45) is 5.18 Å². The highest BCUT2D eigenvalue weighted by atomic mass is 16.5. The molecule has 0 spiro atoms. The molecule has 0 amide bonds. The molecule has 2 aromatic rings. The third-order valence-electron chi connectivity index (χ3n) is 2.47. The number of carbonyl (C=O) groups excluding carboxylic acids is 1. The maximum Gasteiger partial charge on any atom is 0.338 e. The Bertz CT molecular complexity index is 578. The largest absolute Gasteiger partial charge is 0.462 e. The van der Waals surface area contributed by atoms with Gasteiger partial charge >= 0.3 is 5.97 Å². The quantitative estimate of drug-likeness (QED) is 0.598. The molecule has 0 saturated heterocycles. The molecule has 0 fully saturated rings. The van der Waals surface area contributed by atoms with Crippen molar-refractivity contribution in [3.05, 3.63) is 46.9 Å². The molecular formula is C13H11NO3. The van der Waals surface area contributed by atoms with Crippen LogP contribution in [0.1, 0.15) is 17.3 Å². The maximum absolute atomic E-state index is 11.6. The summed E-state index contributed by atoms with van der Waals surface area (Å²) in [6.07, 6.45) is 0. The van der Waals surface area contributed by atoms with E-state index in [0.29, 0.717) is 23.2 Å². The molecule has 0 N–H and O–H groups in total. The molecule has 0 unspecified atom stereocenters. The molecular weight excluding hydrogens is 218 g/mol. The number of ether oxygens (including phenoxy) is 1. The van der Waals surface area contributed by atoms with Gasteiger partial charge in [-0.3, -0.25) is 0 Å². The maximum atomic E-state index is 11.6. The first-order chi connectivity index (χ1) is 8.26. The summed E-state index contributed by atoms with van der Waals surface area (Å²) in [4.78, 5) is 22.2. The molecule has 17 heavy (non-hydrogen) atoms. The molecule has 4 nitrogen and oxygen atoms in total. The van der Waals surface area contributed by atoms with Gasteiger partial charge in [-0.1, -0.05) is 18.2 Å². The summed E-state index contributed by atoms with van der Waals surface area (Å²) in [7, 11) is 0. The van der Waals surface area contributed by atoms with E-state index in [2.05, 4.69) is 5.18 Å². The van der Waals surface area contributed by atoms with Gasteiger partial charge in [-0.15, -0.1) is 4.91 Å². The summed E-state index contributed by atoms with van der Waals surface area (Å²) in [6, 6.07) is 10.3. The second-order valence-electron chi connectivity index (χ2n) is 3.52. The van der Waals surface area contributed by atoms with E-state index < -0.39 is 5.97 Å². The summed E-state index contributed by atoms with van der Waals surface area (Å²) >= 11 is 0. The number of benzene rings is 2. The van der Waals surface area contributed by atoms with Crippen LogP contribution in [0.5, 0.6) is 0 Å². The van der Waals surface area contributed by atoms with Gasteiger partial charge in [0.15, 0.2) is 0 Å². The number of hydrogen-bond donors (Lipinski definition) is 0. The van der Waals surface area contributed by atoms with E-state index in [-0.39, 0.29) is 0 Å².